The van der Waals surface area contributed by atoms with Crippen molar-refractivity contribution in [3.8, 4) is 23.0 Å². The number of rotatable bonds is 10. The molecule has 0 aliphatic rings. The Hall–Kier alpha value is -5.11. The topological polar surface area (TPSA) is 108 Å². The summed E-state index contributed by atoms with van der Waals surface area (Å²) >= 11 is 0. The van der Waals surface area contributed by atoms with Gasteiger partial charge in [-0.15, -0.1) is 0 Å². The van der Waals surface area contributed by atoms with Crippen LogP contribution in [0.25, 0.3) is 12.2 Å². The largest absolute Gasteiger partial charge is 0.508 e. The highest BCUT2D eigenvalue weighted by Crippen LogP contribution is 2.31. The second-order valence-electron chi connectivity index (χ2n) is 8.76. The number of methoxy groups -OCH3 is 2. The van der Waals surface area contributed by atoms with Crippen LogP contribution in [0.1, 0.15) is 39.5 Å². The number of aliphatic hydroxyl groups excluding tert-OH is 1. The lowest BCUT2D eigenvalue weighted by Crippen LogP contribution is -2.13. The second kappa shape index (κ2) is 13.6. The summed E-state index contributed by atoms with van der Waals surface area (Å²) in [6.07, 6.45) is 7.00. The van der Waals surface area contributed by atoms with Crippen LogP contribution in [0.5, 0.6) is 23.0 Å². The van der Waals surface area contributed by atoms with Gasteiger partial charge in [0.15, 0.2) is 17.3 Å². The number of esters is 2. The van der Waals surface area contributed by atoms with Crippen molar-refractivity contribution < 1.29 is 38.4 Å². The number of ether oxygens (including phenoxy) is 4. The Morgan fingerprint density at radius 1 is 0.725 bits per heavy atom. The lowest BCUT2D eigenvalue weighted by Gasteiger charge is -2.12. The summed E-state index contributed by atoms with van der Waals surface area (Å²) in [5.74, 6) is -0.727. The molecule has 0 heterocycles. The summed E-state index contributed by atoms with van der Waals surface area (Å²) in [6.45, 7) is 4.98. The summed E-state index contributed by atoms with van der Waals surface area (Å²) in [4.78, 5) is 36.6. The Kier molecular flexibility index (Phi) is 10.0. The Labute approximate surface area is 232 Å². The summed E-state index contributed by atoms with van der Waals surface area (Å²) < 4.78 is 21.3. The third kappa shape index (κ3) is 8.19. The molecule has 0 aliphatic heterocycles. The number of allylic oxidation sites excluding steroid dienone is 3. The van der Waals surface area contributed by atoms with Crippen molar-refractivity contribution in [1.29, 1.82) is 0 Å². The molecule has 0 amide bonds. The number of benzene rings is 3. The van der Waals surface area contributed by atoms with Gasteiger partial charge in [-0.3, -0.25) is 9.59 Å². The van der Waals surface area contributed by atoms with Crippen molar-refractivity contribution in [1.82, 2.24) is 0 Å². The minimum atomic E-state index is -0.731. The molecule has 0 spiro atoms. The number of aryl methyl sites for hydroxylation is 2. The van der Waals surface area contributed by atoms with Crippen LogP contribution in [-0.2, 0) is 9.59 Å². The Morgan fingerprint density at radius 2 is 1.38 bits per heavy atom. The molecule has 0 saturated heterocycles. The van der Waals surface area contributed by atoms with E-state index in [4.69, 9.17) is 18.9 Å². The molecule has 0 radical (unpaired) electrons. The molecule has 3 aromatic carbocycles. The highest BCUT2D eigenvalue weighted by atomic mass is 16.6. The molecule has 0 atom stereocenters. The van der Waals surface area contributed by atoms with E-state index in [0.717, 1.165) is 28.5 Å². The fraction of sp³-hybridized carbons (Fsp3) is 0.156. The van der Waals surface area contributed by atoms with Crippen LogP contribution in [0.4, 0.5) is 0 Å². The number of carbonyl (C=O) groups excluding carboxylic acids is 3. The van der Waals surface area contributed by atoms with Gasteiger partial charge in [0, 0.05) is 13.0 Å². The van der Waals surface area contributed by atoms with Gasteiger partial charge in [-0.2, -0.15) is 0 Å². The SMILES string of the molecule is COc1cc(/C=C/C(O)=C/C(=O)/C=C/c2ccc(OC(=O)c3ccc(C)cc3OC(C)=O)c(OC)c2)ccc1C. The lowest BCUT2D eigenvalue weighted by atomic mass is 10.1. The van der Waals surface area contributed by atoms with E-state index in [-0.39, 0.29) is 28.6 Å². The molecular formula is C32H30O8. The van der Waals surface area contributed by atoms with Crippen LogP contribution < -0.4 is 18.9 Å². The standard InChI is InChI=1S/C32H30O8/c1-20-6-14-27(30(16-20)39-22(3)33)32(36)40-28-15-11-24(18-31(28)38-5)10-13-26(35)19-25(34)12-9-23-8-7-21(2)29(17-23)37-4/h6-19,34H,1-5H3/b12-9+,13-10+,25-19-. The van der Waals surface area contributed by atoms with E-state index in [9.17, 15) is 19.5 Å². The average Bonchev–Trinajstić information content (AvgIpc) is 2.91. The Balaban J connectivity index is 1.70. The van der Waals surface area contributed by atoms with Gasteiger partial charge in [0.1, 0.15) is 22.8 Å². The number of aliphatic hydroxyl groups is 1. The van der Waals surface area contributed by atoms with Crippen molar-refractivity contribution in [2.75, 3.05) is 14.2 Å². The predicted molar refractivity (Wildman–Crippen MR) is 152 cm³/mol. The molecule has 3 aromatic rings. The zero-order valence-electron chi connectivity index (χ0n) is 22.9. The van der Waals surface area contributed by atoms with E-state index in [1.807, 2.05) is 25.1 Å². The summed E-state index contributed by atoms with van der Waals surface area (Å²) in [5.41, 5.74) is 3.28. The minimum absolute atomic E-state index is 0.0829. The third-order valence-corrected chi connectivity index (χ3v) is 5.61. The van der Waals surface area contributed by atoms with Crippen molar-refractivity contribution in [3.05, 3.63) is 106 Å². The van der Waals surface area contributed by atoms with E-state index < -0.39 is 17.7 Å². The van der Waals surface area contributed by atoms with E-state index in [1.54, 1.807) is 44.4 Å². The highest BCUT2D eigenvalue weighted by Gasteiger charge is 2.18. The van der Waals surface area contributed by atoms with Crippen LogP contribution >= 0.6 is 0 Å². The molecule has 0 aliphatic carbocycles. The van der Waals surface area contributed by atoms with Crippen LogP contribution in [0.2, 0.25) is 0 Å². The molecule has 8 heteroatoms. The summed E-state index contributed by atoms with van der Waals surface area (Å²) in [6, 6.07) is 15.1. The first-order chi connectivity index (χ1) is 19.1. The van der Waals surface area contributed by atoms with Gasteiger partial charge in [-0.1, -0.05) is 36.4 Å². The molecular weight excluding hydrogens is 512 g/mol. The normalized spacial score (nSPS) is 11.5. The summed E-state index contributed by atoms with van der Waals surface area (Å²) in [5, 5.41) is 10.1. The highest BCUT2D eigenvalue weighted by molar-refractivity contribution is 6.02. The van der Waals surface area contributed by atoms with E-state index in [2.05, 4.69) is 0 Å². The van der Waals surface area contributed by atoms with Gasteiger partial charge in [-0.25, -0.2) is 4.79 Å². The molecule has 40 heavy (non-hydrogen) atoms. The van der Waals surface area contributed by atoms with Crippen molar-refractivity contribution in [3.63, 3.8) is 0 Å². The van der Waals surface area contributed by atoms with Crippen LogP contribution in [0.3, 0.4) is 0 Å². The zero-order valence-corrected chi connectivity index (χ0v) is 22.9. The second-order valence-corrected chi connectivity index (χ2v) is 8.76. The van der Waals surface area contributed by atoms with Crippen LogP contribution in [0.15, 0.2) is 78.6 Å². The number of hydrogen-bond donors (Lipinski definition) is 1. The molecule has 0 saturated carbocycles. The molecule has 206 valence electrons. The first-order valence-corrected chi connectivity index (χ1v) is 12.2. The maximum absolute atomic E-state index is 12.8. The molecule has 8 nitrogen and oxygen atoms in total. The lowest BCUT2D eigenvalue weighted by molar-refractivity contribution is -0.131. The predicted octanol–water partition coefficient (Wildman–Crippen LogP) is 6.20. The fourth-order valence-electron chi connectivity index (χ4n) is 3.61. The minimum Gasteiger partial charge on any atom is -0.508 e. The summed E-state index contributed by atoms with van der Waals surface area (Å²) in [7, 11) is 3.00. The first kappa shape index (κ1) is 29.4. The smallest absolute Gasteiger partial charge is 0.347 e. The third-order valence-electron chi connectivity index (χ3n) is 5.61. The Bertz CT molecular complexity index is 1510. The van der Waals surface area contributed by atoms with Crippen LogP contribution in [-0.4, -0.2) is 37.0 Å². The Morgan fingerprint density at radius 3 is 2.05 bits per heavy atom. The molecule has 0 unspecified atom stereocenters. The molecule has 0 bridgehead atoms. The van der Waals surface area contributed by atoms with E-state index >= 15 is 0 Å². The van der Waals surface area contributed by atoms with E-state index in [0.29, 0.717) is 5.56 Å². The maximum Gasteiger partial charge on any atom is 0.347 e. The fourth-order valence-corrected chi connectivity index (χ4v) is 3.61. The maximum atomic E-state index is 12.8. The van der Waals surface area contributed by atoms with Crippen molar-refractivity contribution in [2.45, 2.75) is 20.8 Å². The van der Waals surface area contributed by atoms with E-state index in [1.165, 1.54) is 44.4 Å². The number of carbonyl (C=O) groups is 3. The van der Waals surface area contributed by atoms with Crippen molar-refractivity contribution >= 4 is 29.9 Å². The van der Waals surface area contributed by atoms with Crippen LogP contribution in [0, 0.1) is 13.8 Å². The molecule has 3 rings (SSSR count). The molecule has 0 fully saturated rings. The quantitative estimate of drug-likeness (QED) is 0.106. The van der Waals surface area contributed by atoms with Gasteiger partial charge in [0.2, 0.25) is 0 Å². The number of hydrogen-bond acceptors (Lipinski definition) is 8. The van der Waals surface area contributed by atoms with Crippen molar-refractivity contribution in [2.24, 2.45) is 0 Å². The molecule has 1 N–H and O–H groups in total. The zero-order chi connectivity index (χ0) is 29.2. The van der Waals surface area contributed by atoms with Gasteiger partial charge >= 0.3 is 11.9 Å². The first-order valence-electron chi connectivity index (χ1n) is 12.2. The van der Waals surface area contributed by atoms with Gasteiger partial charge in [0.05, 0.1) is 14.2 Å². The monoisotopic (exact) mass is 542 g/mol. The average molecular weight is 543 g/mol. The van der Waals surface area contributed by atoms with Gasteiger partial charge < -0.3 is 24.1 Å². The van der Waals surface area contributed by atoms with Gasteiger partial charge in [-0.05, 0) is 78.6 Å². The number of ketones is 1. The molecule has 0 aromatic heterocycles. The van der Waals surface area contributed by atoms with Gasteiger partial charge in [0.25, 0.3) is 0 Å².